The Balaban J connectivity index is 2.49. The highest BCUT2D eigenvalue weighted by Gasteiger charge is 2.16. The fourth-order valence-electron chi connectivity index (χ4n) is 2.17. The van der Waals surface area contributed by atoms with Gasteiger partial charge in [0, 0.05) is 9.50 Å². The third-order valence-electron chi connectivity index (χ3n) is 2.96. The molecule has 0 aliphatic rings. The van der Waals surface area contributed by atoms with Gasteiger partial charge in [-0.1, -0.05) is 39.7 Å². The summed E-state index contributed by atoms with van der Waals surface area (Å²) in [5, 5.41) is 3.88. The highest BCUT2D eigenvalue weighted by molar-refractivity contribution is 9.10. The summed E-state index contributed by atoms with van der Waals surface area (Å²) in [7, 11) is 1.85. The van der Waals surface area contributed by atoms with Crippen molar-refractivity contribution in [2.75, 3.05) is 7.05 Å². The lowest BCUT2D eigenvalue weighted by atomic mass is 9.97. The zero-order chi connectivity index (χ0) is 14.0. The van der Waals surface area contributed by atoms with Crippen LogP contribution in [0.15, 0.2) is 40.9 Å². The molecule has 4 heteroatoms. The standard InChI is InChI=1S/C15H14BrClFN/c1-9-5-10(7-12(18)6-9)15(19-2)13-4-3-11(17)8-14(13)16/h3-8,15,19H,1-2H3. The molecule has 0 spiro atoms. The van der Waals surface area contributed by atoms with Gasteiger partial charge >= 0.3 is 0 Å². The van der Waals surface area contributed by atoms with Gasteiger partial charge < -0.3 is 5.32 Å². The summed E-state index contributed by atoms with van der Waals surface area (Å²) >= 11 is 9.46. The van der Waals surface area contributed by atoms with Gasteiger partial charge in [0.25, 0.3) is 0 Å². The van der Waals surface area contributed by atoms with E-state index < -0.39 is 0 Å². The Hall–Kier alpha value is -0.900. The molecule has 0 saturated heterocycles. The molecule has 0 heterocycles. The Labute approximate surface area is 125 Å². The van der Waals surface area contributed by atoms with E-state index in [1.54, 1.807) is 6.07 Å². The molecule has 0 aliphatic heterocycles. The first-order valence-corrected chi connectivity index (χ1v) is 7.07. The summed E-state index contributed by atoms with van der Waals surface area (Å²) in [6, 6.07) is 10.6. The van der Waals surface area contributed by atoms with E-state index in [1.807, 2.05) is 38.2 Å². The largest absolute Gasteiger partial charge is 0.309 e. The lowest BCUT2D eigenvalue weighted by Crippen LogP contribution is -2.18. The number of nitrogens with one attached hydrogen (secondary N) is 1. The fraction of sp³-hybridized carbons (Fsp3) is 0.200. The van der Waals surface area contributed by atoms with Crippen molar-refractivity contribution in [1.82, 2.24) is 5.32 Å². The van der Waals surface area contributed by atoms with Crippen LogP contribution in [0, 0.1) is 12.7 Å². The summed E-state index contributed by atoms with van der Waals surface area (Å²) in [5.74, 6) is -0.222. The maximum atomic E-state index is 13.5. The Kier molecular flexibility index (Phi) is 4.61. The van der Waals surface area contributed by atoms with Gasteiger partial charge in [0.05, 0.1) is 6.04 Å². The van der Waals surface area contributed by atoms with Gasteiger partial charge in [-0.05, 0) is 54.9 Å². The first-order chi connectivity index (χ1) is 9.01. The molecular weight excluding hydrogens is 329 g/mol. The first kappa shape index (κ1) is 14.5. The molecule has 0 fully saturated rings. The van der Waals surface area contributed by atoms with E-state index in [2.05, 4.69) is 21.2 Å². The van der Waals surface area contributed by atoms with E-state index in [0.717, 1.165) is 21.2 Å². The number of halogens is 3. The topological polar surface area (TPSA) is 12.0 Å². The van der Waals surface area contributed by atoms with E-state index in [1.165, 1.54) is 6.07 Å². The molecule has 1 nitrogen and oxygen atoms in total. The zero-order valence-electron chi connectivity index (χ0n) is 10.7. The van der Waals surface area contributed by atoms with Crippen molar-refractivity contribution in [3.05, 3.63) is 68.4 Å². The monoisotopic (exact) mass is 341 g/mol. The molecular formula is C15H14BrClFN. The molecule has 1 atom stereocenters. The van der Waals surface area contributed by atoms with Crippen LogP contribution in [0.5, 0.6) is 0 Å². The molecule has 19 heavy (non-hydrogen) atoms. The second kappa shape index (κ2) is 6.04. The molecule has 0 bridgehead atoms. The van der Waals surface area contributed by atoms with Gasteiger partial charge in [-0.15, -0.1) is 0 Å². The van der Waals surface area contributed by atoms with Crippen molar-refractivity contribution in [2.24, 2.45) is 0 Å². The smallest absolute Gasteiger partial charge is 0.123 e. The van der Waals surface area contributed by atoms with E-state index in [9.17, 15) is 4.39 Å². The van der Waals surface area contributed by atoms with Crippen molar-refractivity contribution in [3.8, 4) is 0 Å². The Morgan fingerprint density at radius 2 is 1.95 bits per heavy atom. The third-order valence-corrected chi connectivity index (χ3v) is 3.88. The molecule has 2 rings (SSSR count). The Morgan fingerprint density at radius 1 is 1.21 bits per heavy atom. The van der Waals surface area contributed by atoms with Crippen molar-refractivity contribution >= 4 is 27.5 Å². The van der Waals surface area contributed by atoms with Gasteiger partial charge in [0.15, 0.2) is 0 Å². The third kappa shape index (κ3) is 3.35. The minimum Gasteiger partial charge on any atom is -0.309 e. The summed E-state index contributed by atoms with van der Waals surface area (Å²) < 4.78 is 14.4. The number of hydrogen-bond acceptors (Lipinski definition) is 1. The summed E-state index contributed by atoms with van der Waals surface area (Å²) in [4.78, 5) is 0. The Morgan fingerprint density at radius 3 is 2.53 bits per heavy atom. The molecule has 2 aromatic rings. The van der Waals surface area contributed by atoms with Crippen LogP contribution in [0.1, 0.15) is 22.7 Å². The lowest BCUT2D eigenvalue weighted by molar-refractivity contribution is 0.615. The molecule has 0 aromatic heterocycles. The van der Waals surface area contributed by atoms with Crippen LogP contribution >= 0.6 is 27.5 Å². The van der Waals surface area contributed by atoms with Crippen LogP contribution in [-0.2, 0) is 0 Å². The maximum absolute atomic E-state index is 13.5. The molecule has 1 N–H and O–H groups in total. The molecule has 2 aromatic carbocycles. The number of benzene rings is 2. The van der Waals surface area contributed by atoms with Crippen LogP contribution in [0.25, 0.3) is 0 Å². The van der Waals surface area contributed by atoms with Gasteiger partial charge in [0.2, 0.25) is 0 Å². The van der Waals surface area contributed by atoms with E-state index in [-0.39, 0.29) is 11.9 Å². The summed E-state index contributed by atoms with van der Waals surface area (Å²) in [5.41, 5.74) is 2.82. The van der Waals surface area contributed by atoms with Gasteiger partial charge in [-0.3, -0.25) is 0 Å². The second-order valence-electron chi connectivity index (χ2n) is 4.45. The highest BCUT2D eigenvalue weighted by atomic mass is 79.9. The number of aryl methyl sites for hydroxylation is 1. The molecule has 0 radical (unpaired) electrons. The van der Waals surface area contributed by atoms with E-state index in [4.69, 9.17) is 11.6 Å². The zero-order valence-corrected chi connectivity index (χ0v) is 13.0. The molecule has 0 aliphatic carbocycles. The molecule has 1 unspecified atom stereocenters. The van der Waals surface area contributed by atoms with E-state index in [0.29, 0.717) is 5.02 Å². The lowest BCUT2D eigenvalue weighted by Gasteiger charge is -2.19. The van der Waals surface area contributed by atoms with Crippen LogP contribution < -0.4 is 5.32 Å². The summed E-state index contributed by atoms with van der Waals surface area (Å²) in [6.45, 7) is 1.89. The molecule has 0 amide bonds. The maximum Gasteiger partial charge on any atom is 0.123 e. The van der Waals surface area contributed by atoms with E-state index >= 15 is 0 Å². The van der Waals surface area contributed by atoms with Gasteiger partial charge in [0.1, 0.15) is 5.82 Å². The summed E-state index contributed by atoms with van der Waals surface area (Å²) in [6.07, 6.45) is 0. The van der Waals surface area contributed by atoms with Crippen LogP contribution in [0.2, 0.25) is 5.02 Å². The minimum absolute atomic E-state index is 0.0824. The average molecular weight is 343 g/mol. The fourth-order valence-corrected chi connectivity index (χ4v) is 3.08. The molecule has 100 valence electrons. The van der Waals surface area contributed by atoms with Crippen molar-refractivity contribution < 1.29 is 4.39 Å². The SMILES string of the molecule is CNC(c1cc(C)cc(F)c1)c1ccc(Cl)cc1Br. The Bertz CT molecular complexity index is 580. The predicted molar refractivity (Wildman–Crippen MR) is 81.2 cm³/mol. The van der Waals surface area contributed by atoms with Crippen molar-refractivity contribution in [1.29, 1.82) is 0 Å². The predicted octanol–water partition coefficient (Wildman–Crippen LogP) is 4.86. The average Bonchev–Trinajstić information content (AvgIpc) is 2.31. The number of hydrogen-bond donors (Lipinski definition) is 1. The normalized spacial score (nSPS) is 12.5. The van der Waals surface area contributed by atoms with Crippen LogP contribution in [0.4, 0.5) is 4.39 Å². The van der Waals surface area contributed by atoms with Crippen LogP contribution in [-0.4, -0.2) is 7.05 Å². The van der Waals surface area contributed by atoms with Crippen molar-refractivity contribution in [2.45, 2.75) is 13.0 Å². The quantitative estimate of drug-likeness (QED) is 0.840. The highest BCUT2D eigenvalue weighted by Crippen LogP contribution is 2.31. The van der Waals surface area contributed by atoms with Crippen molar-refractivity contribution in [3.63, 3.8) is 0 Å². The minimum atomic E-state index is -0.222. The number of rotatable bonds is 3. The van der Waals surface area contributed by atoms with Crippen LogP contribution in [0.3, 0.4) is 0 Å². The molecule has 0 saturated carbocycles. The second-order valence-corrected chi connectivity index (χ2v) is 5.74. The van der Waals surface area contributed by atoms with Gasteiger partial charge in [-0.2, -0.15) is 0 Å². The van der Waals surface area contributed by atoms with Gasteiger partial charge in [-0.25, -0.2) is 4.39 Å². The first-order valence-electron chi connectivity index (χ1n) is 5.90.